The van der Waals surface area contributed by atoms with Crippen molar-refractivity contribution in [2.75, 3.05) is 45.1 Å². The Morgan fingerprint density at radius 3 is 2.38 bits per heavy atom. The molecule has 0 radical (unpaired) electrons. The average Bonchev–Trinajstić information content (AvgIpc) is 3.00. The first-order valence-corrected chi connectivity index (χ1v) is 10.8. The first kappa shape index (κ1) is 19.9. The van der Waals surface area contributed by atoms with Crippen LogP contribution in [0.15, 0.2) is 29.2 Å². The van der Waals surface area contributed by atoms with Gasteiger partial charge in [0, 0.05) is 38.5 Å². The summed E-state index contributed by atoms with van der Waals surface area (Å²) in [4.78, 5) is 3.87. The number of hydrogen-bond donors (Lipinski definition) is 0. The van der Waals surface area contributed by atoms with E-state index in [1.165, 1.54) is 10.4 Å². The van der Waals surface area contributed by atoms with E-state index in [2.05, 4.69) is 9.80 Å². The third-order valence-electron chi connectivity index (χ3n) is 4.35. The van der Waals surface area contributed by atoms with Crippen molar-refractivity contribution in [3.05, 3.63) is 29.8 Å². The van der Waals surface area contributed by atoms with E-state index in [9.17, 15) is 21.6 Å². The van der Waals surface area contributed by atoms with Crippen LogP contribution in [0.5, 0.6) is 0 Å². The monoisotopic (exact) mass is 425 g/mol. The lowest BCUT2D eigenvalue weighted by Gasteiger charge is -2.36. The van der Waals surface area contributed by atoms with Crippen molar-refractivity contribution in [2.45, 2.75) is 11.1 Å². The smallest absolute Gasteiger partial charge is 0.344 e. The molecule has 1 aromatic rings. The molecular formula is C15H18F3N3O2S3. The molecule has 2 fully saturated rings. The zero-order valence-corrected chi connectivity index (χ0v) is 16.2. The number of thiocarbonyl (C=S) groups is 1. The third kappa shape index (κ3) is 4.33. The van der Waals surface area contributed by atoms with Crippen LogP contribution in [0.4, 0.5) is 13.2 Å². The van der Waals surface area contributed by atoms with Crippen molar-refractivity contribution in [3.8, 4) is 0 Å². The van der Waals surface area contributed by atoms with E-state index >= 15 is 0 Å². The van der Waals surface area contributed by atoms with Gasteiger partial charge in [0.1, 0.15) is 4.32 Å². The van der Waals surface area contributed by atoms with Crippen LogP contribution >= 0.6 is 24.0 Å². The summed E-state index contributed by atoms with van der Waals surface area (Å²) in [6.45, 7) is 3.05. The summed E-state index contributed by atoms with van der Waals surface area (Å²) in [7, 11) is -3.94. The number of rotatable bonds is 4. The maximum atomic E-state index is 12.8. The van der Waals surface area contributed by atoms with E-state index in [0.29, 0.717) is 25.8 Å². The number of thioether (sulfide) groups is 1. The van der Waals surface area contributed by atoms with Gasteiger partial charge in [0.2, 0.25) is 10.0 Å². The Morgan fingerprint density at radius 2 is 1.81 bits per heavy atom. The van der Waals surface area contributed by atoms with Gasteiger partial charge in [-0.15, -0.1) is 0 Å². The van der Waals surface area contributed by atoms with Gasteiger partial charge in [0.25, 0.3) is 0 Å². The number of benzene rings is 1. The van der Waals surface area contributed by atoms with E-state index in [4.69, 9.17) is 12.2 Å². The van der Waals surface area contributed by atoms with Crippen LogP contribution in [0, 0.1) is 0 Å². The molecule has 0 aliphatic carbocycles. The highest BCUT2D eigenvalue weighted by molar-refractivity contribution is 8.23. The Kier molecular flexibility index (Phi) is 5.83. The van der Waals surface area contributed by atoms with E-state index in [1.807, 2.05) is 0 Å². The maximum absolute atomic E-state index is 12.8. The van der Waals surface area contributed by atoms with E-state index in [1.54, 1.807) is 11.8 Å². The number of alkyl halides is 3. The van der Waals surface area contributed by atoms with Crippen molar-refractivity contribution < 1.29 is 21.6 Å². The number of halogens is 3. The SMILES string of the molecule is O=S(=O)(c1cccc(C(F)(F)F)c1)N1CCN(CN2CCSC2=S)CC1. The standard InChI is InChI=1S/C15H18F3N3O2S3/c16-15(17,18)12-2-1-3-13(10-12)26(22,23)21-6-4-19(5-7-21)11-20-8-9-25-14(20)24/h1-3,10H,4-9,11H2. The van der Waals surface area contributed by atoms with Crippen LogP contribution in [0.25, 0.3) is 0 Å². The minimum atomic E-state index is -4.57. The minimum Gasteiger partial charge on any atom is -0.344 e. The molecule has 26 heavy (non-hydrogen) atoms. The second-order valence-corrected chi connectivity index (χ2v) is 9.73. The van der Waals surface area contributed by atoms with E-state index < -0.39 is 21.8 Å². The van der Waals surface area contributed by atoms with Crippen molar-refractivity contribution in [3.63, 3.8) is 0 Å². The summed E-state index contributed by atoms with van der Waals surface area (Å²) in [5.74, 6) is 0.961. The molecule has 5 nitrogen and oxygen atoms in total. The summed E-state index contributed by atoms with van der Waals surface area (Å²) in [5, 5.41) is 0. The quantitative estimate of drug-likeness (QED) is 0.690. The topological polar surface area (TPSA) is 43.9 Å². The van der Waals surface area contributed by atoms with Crippen LogP contribution in [0.3, 0.4) is 0 Å². The van der Waals surface area contributed by atoms with Gasteiger partial charge in [-0.05, 0) is 18.2 Å². The van der Waals surface area contributed by atoms with Gasteiger partial charge >= 0.3 is 6.18 Å². The second-order valence-electron chi connectivity index (χ2n) is 6.07. The molecule has 0 spiro atoms. The third-order valence-corrected chi connectivity index (χ3v) is 7.74. The molecule has 0 aromatic heterocycles. The lowest BCUT2D eigenvalue weighted by Crippen LogP contribution is -2.51. The minimum absolute atomic E-state index is 0.242. The summed E-state index contributed by atoms with van der Waals surface area (Å²) >= 11 is 6.89. The first-order valence-electron chi connectivity index (χ1n) is 7.99. The molecule has 0 bridgehead atoms. The predicted octanol–water partition coefficient (Wildman–Crippen LogP) is 2.30. The van der Waals surface area contributed by atoms with Gasteiger partial charge in [-0.1, -0.05) is 30.0 Å². The Morgan fingerprint density at radius 1 is 1.12 bits per heavy atom. The fraction of sp³-hybridized carbons (Fsp3) is 0.533. The van der Waals surface area contributed by atoms with Crippen LogP contribution in [-0.2, 0) is 16.2 Å². The molecule has 0 unspecified atom stereocenters. The zero-order chi connectivity index (χ0) is 18.9. The molecule has 2 aliphatic rings. The molecule has 2 heterocycles. The number of hydrogen-bond acceptors (Lipinski definition) is 5. The lowest BCUT2D eigenvalue weighted by molar-refractivity contribution is -0.137. The molecule has 2 saturated heterocycles. The van der Waals surface area contributed by atoms with Crippen LogP contribution < -0.4 is 0 Å². The summed E-state index contributed by atoms with van der Waals surface area (Å²) < 4.78 is 66.0. The maximum Gasteiger partial charge on any atom is 0.416 e. The number of sulfonamides is 1. The van der Waals surface area contributed by atoms with Gasteiger partial charge in [-0.2, -0.15) is 17.5 Å². The Hall–Kier alpha value is -0.880. The molecule has 2 aliphatic heterocycles. The van der Waals surface area contributed by atoms with Crippen LogP contribution in [0.2, 0.25) is 0 Å². The average molecular weight is 426 g/mol. The molecular weight excluding hydrogens is 407 g/mol. The molecule has 3 rings (SSSR count). The van der Waals surface area contributed by atoms with Crippen molar-refractivity contribution in [1.29, 1.82) is 0 Å². The molecule has 11 heteroatoms. The highest BCUT2D eigenvalue weighted by atomic mass is 32.2. The second kappa shape index (κ2) is 7.63. The molecule has 1 aromatic carbocycles. The molecule has 144 valence electrons. The Balaban J connectivity index is 1.65. The highest BCUT2D eigenvalue weighted by Gasteiger charge is 2.34. The van der Waals surface area contributed by atoms with Gasteiger partial charge in [-0.25, -0.2) is 8.42 Å². The summed E-state index contributed by atoms with van der Waals surface area (Å²) in [6.07, 6.45) is -4.57. The normalized spacial score (nSPS) is 20.7. The zero-order valence-electron chi connectivity index (χ0n) is 13.8. The Labute approximate surface area is 160 Å². The van der Waals surface area contributed by atoms with Crippen molar-refractivity contribution in [1.82, 2.24) is 14.1 Å². The van der Waals surface area contributed by atoms with E-state index in [0.717, 1.165) is 28.8 Å². The fourth-order valence-electron chi connectivity index (χ4n) is 2.89. The largest absolute Gasteiger partial charge is 0.416 e. The fourth-order valence-corrected chi connectivity index (χ4v) is 5.57. The lowest BCUT2D eigenvalue weighted by atomic mass is 10.2. The first-order chi connectivity index (χ1) is 12.2. The summed E-state index contributed by atoms with van der Waals surface area (Å²) in [6, 6.07) is 3.89. The summed E-state index contributed by atoms with van der Waals surface area (Å²) in [5.41, 5.74) is -0.961. The van der Waals surface area contributed by atoms with Crippen LogP contribution in [0.1, 0.15) is 5.56 Å². The van der Waals surface area contributed by atoms with Gasteiger partial charge in [0.15, 0.2) is 0 Å². The van der Waals surface area contributed by atoms with Crippen molar-refractivity contribution >= 4 is 38.3 Å². The van der Waals surface area contributed by atoms with Gasteiger partial charge in [0.05, 0.1) is 17.1 Å². The van der Waals surface area contributed by atoms with Gasteiger partial charge in [-0.3, -0.25) is 4.90 Å². The Bertz CT molecular complexity index is 778. The molecule has 0 atom stereocenters. The molecule has 0 saturated carbocycles. The predicted molar refractivity (Wildman–Crippen MR) is 98.4 cm³/mol. The van der Waals surface area contributed by atoms with Gasteiger partial charge < -0.3 is 4.90 Å². The van der Waals surface area contributed by atoms with E-state index in [-0.39, 0.29) is 18.0 Å². The molecule has 0 N–H and O–H groups in total. The number of piperazine rings is 1. The molecule has 0 amide bonds. The highest BCUT2D eigenvalue weighted by Crippen LogP contribution is 2.31. The van der Waals surface area contributed by atoms with Crippen LogP contribution in [-0.4, -0.2) is 72.0 Å². The number of nitrogens with zero attached hydrogens (tertiary/aromatic N) is 3. The van der Waals surface area contributed by atoms with Crippen molar-refractivity contribution in [2.24, 2.45) is 0 Å².